The number of nitrogen functional groups attached to an aromatic ring is 1. The fourth-order valence-electron chi connectivity index (χ4n) is 5.21. The van der Waals surface area contributed by atoms with Gasteiger partial charge in [-0.15, -0.1) is 23.1 Å². The van der Waals surface area contributed by atoms with E-state index >= 15 is 0 Å². The summed E-state index contributed by atoms with van der Waals surface area (Å²) in [6.07, 6.45) is -2.06. The minimum atomic E-state index is -1.66. The second-order valence-electron chi connectivity index (χ2n) is 12.4. The van der Waals surface area contributed by atoms with Gasteiger partial charge >= 0.3 is 18.0 Å². The highest BCUT2D eigenvalue weighted by atomic mass is 32.2. The number of aliphatic hydroxyl groups excluding tert-OH is 1. The minimum absolute atomic E-state index is 0.0416. The number of rotatable bonds is 12. The fraction of sp³-hybridized carbons (Fsp3) is 0.314. The second-order valence-corrected chi connectivity index (χ2v) is 14.4. The molecule has 0 bridgehead atoms. The molecule has 3 unspecified atom stereocenters. The Morgan fingerprint density at radius 3 is 2.27 bits per heavy atom. The predicted octanol–water partition coefficient (Wildman–Crippen LogP) is 3.37. The highest BCUT2D eigenvalue weighted by Gasteiger charge is 2.54. The van der Waals surface area contributed by atoms with Crippen molar-refractivity contribution in [3.63, 3.8) is 0 Å². The lowest BCUT2D eigenvalue weighted by Crippen LogP contribution is -2.71. The highest BCUT2D eigenvalue weighted by Crippen LogP contribution is 2.41. The average Bonchev–Trinajstić information content (AvgIpc) is 3.55. The number of esters is 2. The summed E-state index contributed by atoms with van der Waals surface area (Å²) in [4.78, 5) is 71.4. The fourth-order valence-corrected chi connectivity index (χ4v) is 7.13. The van der Waals surface area contributed by atoms with E-state index in [2.05, 4.69) is 22.2 Å². The number of fused-ring (bicyclic) bond motifs is 1. The van der Waals surface area contributed by atoms with Gasteiger partial charge in [-0.2, -0.15) is 0 Å². The molecule has 16 heteroatoms. The van der Waals surface area contributed by atoms with Gasteiger partial charge in [-0.1, -0.05) is 73.3 Å². The molecule has 1 aromatic heterocycles. The molecular formula is C35H37N5O9S2. The molecule has 1 saturated heterocycles. The third-order valence-electron chi connectivity index (χ3n) is 7.60. The number of aliphatic hydroxyl groups is 1. The number of β-lactam (4-membered cyclic amide) rings is 1. The summed E-state index contributed by atoms with van der Waals surface area (Å²) in [5, 5.41) is 16.3. The van der Waals surface area contributed by atoms with Gasteiger partial charge in [-0.3, -0.25) is 14.5 Å². The molecule has 2 aliphatic rings. The molecule has 3 amide bonds. The summed E-state index contributed by atoms with van der Waals surface area (Å²) < 4.78 is 16.9. The maximum absolute atomic E-state index is 13.7. The Kier molecular flexibility index (Phi) is 11.5. The maximum atomic E-state index is 13.7. The molecule has 0 spiro atoms. The Morgan fingerprint density at radius 2 is 1.73 bits per heavy atom. The molecule has 5 N–H and O–H groups in total. The molecule has 0 radical (unpaired) electrons. The molecule has 0 saturated carbocycles. The SMILES string of the molecule is C=CC1=C(C(=O)OCC(NC(=O)OC(C)(C)C)C(=O)OC(c2ccccc2)c2ccccc2)N2C(=O)C(NC(=O)C(O)c3csc(N)n3)[C@@H]2SC1. The molecule has 2 aromatic carbocycles. The Morgan fingerprint density at radius 1 is 1.10 bits per heavy atom. The molecule has 0 aliphatic carbocycles. The van der Waals surface area contributed by atoms with E-state index in [1.165, 1.54) is 28.1 Å². The van der Waals surface area contributed by atoms with Crippen molar-refractivity contribution in [2.24, 2.45) is 0 Å². The molecule has 4 atom stereocenters. The Labute approximate surface area is 302 Å². The van der Waals surface area contributed by atoms with Crippen molar-refractivity contribution in [1.29, 1.82) is 0 Å². The summed E-state index contributed by atoms with van der Waals surface area (Å²) >= 11 is 2.32. The number of thioether (sulfide) groups is 1. The number of carbonyl (C=O) groups is 5. The number of hydrogen-bond donors (Lipinski definition) is 4. The van der Waals surface area contributed by atoms with Gasteiger partial charge in [0.15, 0.2) is 23.4 Å². The minimum Gasteiger partial charge on any atom is -0.458 e. The van der Waals surface area contributed by atoms with Crippen LogP contribution in [0.3, 0.4) is 0 Å². The number of nitrogens with two attached hydrogens (primary N) is 1. The number of ether oxygens (including phenoxy) is 3. The van der Waals surface area contributed by atoms with Gasteiger partial charge in [0.25, 0.3) is 11.8 Å². The molecule has 1 fully saturated rings. The van der Waals surface area contributed by atoms with Crippen LogP contribution in [0.5, 0.6) is 0 Å². The van der Waals surface area contributed by atoms with E-state index in [9.17, 15) is 29.1 Å². The zero-order chi connectivity index (χ0) is 36.9. The maximum Gasteiger partial charge on any atom is 0.408 e. The first-order chi connectivity index (χ1) is 24.3. The van der Waals surface area contributed by atoms with Crippen molar-refractivity contribution in [2.75, 3.05) is 18.1 Å². The summed E-state index contributed by atoms with van der Waals surface area (Å²) in [6.45, 7) is 8.03. The number of amides is 3. The predicted molar refractivity (Wildman–Crippen MR) is 189 cm³/mol. The number of benzene rings is 2. The van der Waals surface area contributed by atoms with Crippen LogP contribution in [0.2, 0.25) is 0 Å². The average molecular weight is 736 g/mol. The number of anilines is 1. The Hall–Kier alpha value is -5.19. The van der Waals surface area contributed by atoms with Crippen LogP contribution in [0.4, 0.5) is 9.93 Å². The van der Waals surface area contributed by atoms with Crippen LogP contribution >= 0.6 is 23.1 Å². The Balaban J connectivity index is 1.32. The van der Waals surface area contributed by atoms with E-state index < -0.39 is 71.7 Å². The van der Waals surface area contributed by atoms with Crippen LogP contribution in [0.25, 0.3) is 0 Å². The van der Waals surface area contributed by atoms with Crippen molar-refractivity contribution in [1.82, 2.24) is 20.5 Å². The Bertz CT molecular complexity index is 1790. The summed E-state index contributed by atoms with van der Waals surface area (Å²) in [5.41, 5.74) is 6.32. The molecule has 51 heavy (non-hydrogen) atoms. The smallest absolute Gasteiger partial charge is 0.408 e. The zero-order valence-corrected chi connectivity index (χ0v) is 29.6. The largest absolute Gasteiger partial charge is 0.458 e. The quantitative estimate of drug-likeness (QED) is 0.120. The number of aromatic nitrogens is 1. The molecule has 3 heterocycles. The van der Waals surface area contributed by atoms with E-state index in [0.29, 0.717) is 16.7 Å². The van der Waals surface area contributed by atoms with Gasteiger partial charge in [0.2, 0.25) is 0 Å². The van der Waals surface area contributed by atoms with Gasteiger partial charge in [0.05, 0.1) is 5.69 Å². The van der Waals surface area contributed by atoms with Crippen molar-refractivity contribution >= 4 is 58.1 Å². The topological polar surface area (TPSA) is 199 Å². The van der Waals surface area contributed by atoms with E-state index in [0.717, 1.165) is 11.3 Å². The van der Waals surface area contributed by atoms with Gasteiger partial charge in [-0.05, 0) is 37.5 Å². The first kappa shape index (κ1) is 37.1. The summed E-state index contributed by atoms with van der Waals surface area (Å²) in [5.74, 6) is -3.15. The molecule has 14 nitrogen and oxygen atoms in total. The van der Waals surface area contributed by atoms with Crippen LogP contribution in [-0.4, -0.2) is 80.3 Å². The monoisotopic (exact) mass is 735 g/mol. The number of hydrogen-bond acceptors (Lipinski definition) is 13. The van der Waals surface area contributed by atoms with Gasteiger partial charge in [0, 0.05) is 11.1 Å². The zero-order valence-electron chi connectivity index (χ0n) is 27.9. The van der Waals surface area contributed by atoms with E-state index in [-0.39, 0.29) is 22.3 Å². The van der Waals surface area contributed by atoms with Crippen LogP contribution < -0.4 is 16.4 Å². The van der Waals surface area contributed by atoms with Crippen LogP contribution in [0.15, 0.2) is 90.0 Å². The normalized spacial score (nSPS) is 18.1. The highest BCUT2D eigenvalue weighted by molar-refractivity contribution is 8.00. The molecule has 268 valence electrons. The third-order valence-corrected chi connectivity index (χ3v) is 9.59. The molecule has 5 rings (SSSR count). The number of carbonyl (C=O) groups excluding carboxylic acids is 5. The number of nitrogens with zero attached hydrogens (tertiary/aromatic N) is 2. The van der Waals surface area contributed by atoms with E-state index in [1.54, 1.807) is 69.3 Å². The molecule has 2 aliphatic heterocycles. The van der Waals surface area contributed by atoms with Crippen molar-refractivity contribution < 1.29 is 43.3 Å². The van der Waals surface area contributed by atoms with Crippen LogP contribution in [-0.2, 0) is 33.4 Å². The van der Waals surface area contributed by atoms with Gasteiger partial charge in [0.1, 0.15) is 29.3 Å². The van der Waals surface area contributed by atoms with Crippen LogP contribution in [0, 0.1) is 0 Å². The van der Waals surface area contributed by atoms with Crippen molar-refractivity contribution in [3.8, 4) is 0 Å². The second kappa shape index (κ2) is 15.8. The summed E-state index contributed by atoms with van der Waals surface area (Å²) in [6, 6.07) is 15.4. The van der Waals surface area contributed by atoms with E-state index in [4.69, 9.17) is 19.9 Å². The first-order valence-corrected chi connectivity index (χ1v) is 17.7. The third kappa shape index (κ3) is 8.76. The molecule has 3 aromatic rings. The number of alkyl carbamates (subject to hydrolysis) is 1. The number of nitrogens with one attached hydrogen (secondary N) is 2. The first-order valence-electron chi connectivity index (χ1n) is 15.7. The van der Waals surface area contributed by atoms with Crippen molar-refractivity contribution in [3.05, 3.63) is 107 Å². The van der Waals surface area contributed by atoms with Crippen molar-refractivity contribution in [2.45, 2.75) is 56.0 Å². The van der Waals surface area contributed by atoms with Crippen LogP contribution in [0.1, 0.15) is 49.8 Å². The van der Waals surface area contributed by atoms with Gasteiger partial charge in [-0.25, -0.2) is 19.4 Å². The standard InChI is InChI=1S/C35H37N5O9S2/c1-5-19-17-50-30-24(39-28(42)26(41)23-18-51-33(36)37-23)29(43)40(30)25(19)32(45)47-16-22(38-34(46)49-35(2,3)4)31(44)48-27(20-12-8-6-9-13-20)21-14-10-7-11-15-21/h5-15,18,22,24,26-27,30,41H,1,16-17H2,2-4H3,(H2,36,37)(H,38,46)(H,39,42)/t22?,24?,26?,30-/m0/s1. The molecular weight excluding hydrogens is 699 g/mol. The number of thiazole rings is 1. The van der Waals surface area contributed by atoms with E-state index in [1.807, 2.05) is 12.1 Å². The lowest BCUT2D eigenvalue weighted by molar-refractivity contribution is -0.157. The lowest BCUT2D eigenvalue weighted by atomic mass is 10.0. The number of allylic oxidation sites excluding steroid dienone is 1. The summed E-state index contributed by atoms with van der Waals surface area (Å²) in [7, 11) is 0. The van der Waals surface area contributed by atoms with Gasteiger partial charge < -0.3 is 35.7 Å². The lowest BCUT2D eigenvalue weighted by Gasteiger charge is -2.49.